The van der Waals surface area contributed by atoms with E-state index in [1.165, 1.54) is 32.1 Å². The van der Waals surface area contributed by atoms with Gasteiger partial charge in [0.15, 0.2) is 0 Å². The predicted octanol–water partition coefficient (Wildman–Crippen LogP) is 4.55. The van der Waals surface area contributed by atoms with E-state index < -0.39 is 0 Å². The van der Waals surface area contributed by atoms with Gasteiger partial charge in [0, 0.05) is 5.69 Å². The van der Waals surface area contributed by atoms with Gasteiger partial charge in [-0.25, -0.2) is 0 Å². The first kappa shape index (κ1) is 16.0. The van der Waals surface area contributed by atoms with Crippen LogP contribution in [0.1, 0.15) is 64.5 Å². The summed E-state index contributed by atoms with van der Waals surface area (Å²) in [6, 6.07) is 3.76. The summed E-state index contributed by atoms with van der Waals surface area (Å²) in [5, 5.41) is 0. The van der Waals surface area contributed by atoms with Crippen molar-refractivity contribution < 1.29 is 9.53 Å². The van der Waals surface area contributed by atoms with Gasteiger partial charge < -0.3 is 4.74 Å². The molecule has 116 valence electrons. The Labute approximate surface area is 128 Å². The standard InChI is InChI=1S/C18H27NO2/c1-3-5-6-14-7-9-15(10-8-14)18(20)21-17-12-11-16(4-2)19-13-17/h11-15H,3-10H2,1-2H3. The minimum atomic E-state index is -0.0741. The number of esters is 1. The lowest BCUT2D eigenvalue weighted by atomic mass is 9.80. The number of aryl methyl sites for hydroxylation is 1. The molecule has 0 atom stereocenters. The van der Waals surface area contributed by atoms with E-state index in [-0.39, 0.29) is 11.9 Å². The Hall–Kier alpha value is -1.38. The van der Waals surface area contributed by atoms with Gasteiger partial charge in [0.1, 0.15) is 5.75 Å². The Morgan fingerprint density at radius 3 is 2.57 bits per heavy atom. The Morgan fingerprint density at radius 2 is 2.00 bits per heavy atom. The predicted molar refractivity (Wildman–Crippen MR) is 84.2 cm³/mol. The lowest BCUT2D eigenvalue weighted by molar-refractivity contribution is -0.140. The third-order valence-corrected chi connectivity index (χ3v) is 4.52. The van der Waals surface area contributed by atoms with Crippen LogP contribution in [0.5, 0.6) is 5.75 Å². The van der Waals surface area contributed by atoms with Crippen molar-refractivity contribution in [3.05, 3.63) is 24.0 Å². The summed E-state index contributed by atoms with van der Waals surface area (Å²) >= 11 is 0. The highest BCUT2D eigenvalue weighted by molar-refractivity contribution is 5.75. The molecule has 0 radical (unpaired) electrons. The van der Waals surface area contributed by atoms with E-state index in [2.05, 4.69) is 18.8 Å². The minimum Gasteiger partial charge on any atom is -0.425 e. The number of pyridine rings is 1. The van der Waals surface area contributed by atoms with Crippen molar-refractivity contribution in [3.8, 4) is 5.75 Å². The van der Waals surface area contributed by atoms with Crippen molar-refractivity contribution in [1.82, 2.24) is 4.98 Å². The van der Waals surface area contributed by atoms with Crippen LogP contribution in [-0.2, 0) is 11.2 Å². The molecule has 0 unspecified atom stereocenters. The second-order valence-electron chi connectivity index (χ2n) is 6.12. The summed E-state index contributed by atoms with van der Waals surface area (Å²) in [7, 11) is 0. The fraction of sp³-hybridized carbons (Fsp3) is 0.667. The van der Waals surface area contributed by atoms with E-state index in [0.29, 0.717) is 5.75 Å². The maximum absolute atomic E-state index is 12.2. The maximum Gasteiger partial charge on any atom is 0.314 e. The highest BCUT2D eigenvalue weighted by atomic mass is 16.5. The molecule has 0 saturated heterocycles. The molecule has 3 nitrogen and oxygen atoms in total. The van der Waals surface area contributed by atoms with Crippen molar-refractivity contribution >= 4 is 5.97 Å². The van der Waals surface area contributed by atoms with Crippen molar-refractivity contribution in [2.45, 2.75) is 65.2 Å². The SMILES string of the molecule is CCCCC1CCC(C(=O)Oc2ccc(CC)nc2)CC1. The van der Waals surface area contributed by atoms with Gasteiger partial charge in [0.2, 0.25) is 0 Å². The normalized spacial score (nSPS) is 22.0. The van der Waals surface area contributed by atoms with Crippen molar-refractivity contribution in [2.75, 3.05) is 0 Å². The van der Waals surface area contributed by atoms with Crippen molar-refractivity contribution in [2.24, 2.45) is 11.8 Å². The van der Waals surface area contributed by atoms with Gasteiger partial charge in [-0.05, 0) is 50.2 Å². The van der Waals surface area contributed by atoms with E-state index >= 15 is 0 Å². The highest BCUT2D eigenvalue weighted by Crippen LogP contribution is 2.32. The Balaban J connectivity index is 1.78. The smallest absolute Gasteiger partial charge is 0.314 e. The molecule has 1 aliphatic carbocycles. The topological polar surface area (TPSA) is 39.2 Å². The van der Waals surface area contributed by atoms with E-state index in [4.69, 9.17) is 4.74 Å². The van der Waals surface area contributed by atoms with Crippen molar-refractivity contribution in [3.63, 3.8) is 0 Å². The molecular formula is C18H27NO2. The summed E-state index contributed by atoms with van der Waals surface area (Å²) in [4.78, 5) is 16.5. The van der Waals surface area contributed by atoms with E-state index in [1.54, 1.807) is 6.20 Å². The molecule has 21 heavy (non-hydrogen) atoms. The lowest BCUT2D eigenvalue weighted by Gasteiger charge is -2.27. The van der Waals surface area contributed by atoms with Gasteiger partial charge in [-0.2, -0.15) is 0 Å². The summed E-state index contributed by atoms with van der Waals surface area (Å²) in [5.74, 6) is 1.40. The summed E-state index contributed by atoms with van der Waals surface area (Å²) < 4.78 is 5.47. The van der Waals surface area contributed by atoms with Gasteiger partial charge >= 0.3 is 5.97 Å². The molecule has 0 amide bonds. The third kappa shape index (κ3) is 4.83. The minimum absolute atomic E-state index is 0.0741. The average molecular weight is 289 g/mol. The van der Waals surface area contributed by atoms with Gasteiger partial charge in [-0.1, -0.05) is 33.1 Å². The second-order valence-corrected chi connectivity index (χ2v) is 6.12. The largest absolute Gasteiger partial charge is 0.425 e. The number of ether oxygens (including phenoxy) is 1. The molecule has 3 heteroatoms. The van der Waals surface area contributed by atoms with E-state index in [9.17, 15) is 4.79 Å². The zero-order valence-corrected chi connectivity index (χ0v) is 13.3. The second kappa shape index (κ2) is 8.16. The quantitative estimate of drug-likeness (QED) is 0.721. The summed E-state index contributed by atoms with van der Waals surface area (Å²) in [5.41, 5.74) is 1.02. The molecule has 1 aromatic heterocycles. The lowest BCUT2D eigenvalue weighted by Crippen LogP contribution is -2.25. The van der Waals surface area contributed by atoms with Gasteiger partial charge in [-0.15, -0.1) is 0 Å². The van der Waals surface area contributed by atoms with Crippen LogP contribution < -0.4 is 4.74 Å². The Morgan fingerprint density at radius 1 is 1.24 bits per heavy atom. The number of rotatable bonds is 6. The summed E-state index contributed by atoms with van der Waals surface area (Å²) in [6.45, 7) is 4.30. The number of nitrogens with zero attached hydrogens (tertiary/aromatic N) is 1. The van der Waals surface area contributed by atoms with Crippen LogP contribution in [0.3, 0.4) is 0 Å². The number of aromatic nitrogens is 1. The van der Waals surface area contributed by atoms with Gasteiger partial charge in [0.25, 0.3) is 0 Å². The number of hydrogen-bond acceptors (Lipinski definition) is 3. The third-order valence-electron chi connectivity index (χ3n) is 4.52. The molecule has 1 aliphatic rings. The first-order chi connectivity index (χ1) is 10.2. The van der Waals surface area contributed by atoms with Crippen LogP contribution in [0.25, 0.3) is 0 Å². The molecule has 1 heterocycles. The fourth-order valence-corrected chi connectivity index (χ4v) is 3.06. The number of unbranched alkanes of at least 4 members (excludes halogenated alkanes) is 1. The molecule has 1 saturated carbocycles. The summed E-state index contributed by atoms with van der Waals surface area (Å²) in [6.07, 6.45) is 10.8. The number of carbonyl (C=O) groups is 1. The molecular weight excluding hydrogens is 262 g/mol. The van der Waals surface area contributed by atoms with Crippen LogP contribution in [0, 0.1) is 11.8 Å². The number of carbonyl (C=O) groups excluding carboxylic acids is 1. The molecule has 1 fully saturated rings. The highest BCUT2D eigenvalue weighted by Gasteiger charge is 2.27. The number of hydrogen-bond donors (Lipinski definition) is 0. The molecule has 0 aliphatic heterocycles. The average Bonchev–Trinajstić information content (AvgIpc) is 2.54. The van der Waals surface area contributed by atoms with Crippen LogP contribution >= 0.6 is 0 Å². The zero-order chi connectivity index (χ0) is 15.1. The first-order valence-electron chi connectivity index (χ1n) is 8.39. The molecule has 0 spiro atoms. The van der Waals surface area contributed by atoms with Crippen LogP contribution in [-0.4, -0.2) is 11.0 Å². The molecule has 0 aromatic carbocycles. The zero-order valence-electron chi connectivity index (χ0n) is 13.3. The molecule has 2 rings (SSSR count). The first-order valence-corrected chi connectivity index (χ1v) is 8.39. The molecule has 0 N–H and O–H groups in total. The van der Waals surface area contributed by atoms with Crippen LogP contribution in [0.2, 0.25) is 0 Å². The van der Waals surface area contributed by atoms with Crippen LogP contribution in [0.15, 0.2) is 18.3 Å². The Bertz CT molecular complexity index is 433. The Kier molecular flexibility index (Phi) is 6.21. The van der Waals surface area contributed by atoms with E-state index in [1.807, 2.05) is 12.1 Å². The fourth-order valence-electron chi connectivity index (χ4n) is 3.06. The van der Waals surface area contributed by atoms with E-state index in [0.717, 1.165) is 30.9 Å². The van der Waals surface area contributed by atoms with Crippen LogP contribution in [0.4, 0.5) is 0 Å². The van der Waals surface area contributed by atoms with Gasteiger partial charge in [0.05, 0.1) is 12.1 Å². The monoisotopic (exact) mass is 289 g/mol. The maximum atomic E-state index is 12.2. The van der Waals surface area contributed by atoms with Gasteiger partial charge in [-0.3, -0.25) is 9.78 Å². The molecule has 1 aromatic rings. The van der Waals surface area contributed by atoms with Crippen molar-refractivity contribution in [1.29, 1.82) is 0 Å². The molecule has 0 bridgehead atoms.